The van der Waals surface area contributed by atoms with Crippen LogP contribution in [-0.2, 0) is 4.74 Å². The fourth-order valence-corrected chi connectivity index (χ4v) is 1.49. The van der Waals surface area contributed by atoms with Gasteiger partial charge in [-0.2, -0.15) is 0 Å². The molecule has 12 heavy (non-hydrogen) atoms. The van der Waals surface area contributed by atoms with E-state index in [-0.39, 0.29) is 5.72 Å². The van der Waals surface area contributed by atoms with E-state index in [0.717, 1.165) is 25.9 Å². The second kappa shape index (κ2) is 3.93. The number of hydrogen-bond donors (Lipinski definition) is 1. The molecule has 1 aliphatic heterocycles. The molecule has 0 unspecified atom stereocenters. The molecule has 1 saturated heterocycles. The zero-order chi connectivity index (χ0) is 9.03. The Hall–Kier alpha value is -0.520. The summed E-state index contributed by atoms with van der Waals surface area (Å²) >= 11 is 0. The summed E-state index contributed by atoms with van der Waals surface area (Å²) in [5.74, 6) is 2.64. The van der Waals surface area contributed by atoms with Crippen molar-refractivity contribution in [1.29, 1.82) is 0 Å². The Morgan fingerprint density at radius 2 is 2.42 bits per heavy atom. The van der Waals surface area contributed by atoms with Crippen LogP contribution in [0.1, 0.15) is 33.1 Å². The lowest BCUT2D eigenvalue weighted by atomic mass is 10.1. The lowest BCUT2D eigenvalue weighted by molar-refractivity contribution is 0.0231. The van der Waals surface area contributed by atoms with Gasteiger partial charge < -0.3 is 4.74 Å². The maximum atomic E-state index is 5.52. The maximum Gasteiger partial charge on any atom is 0.113 e. The molecule has 1 heterocycles. The fourth-order valence-electron chi connectivity index (χ4n) is 1.49. The molecule has 1 fully saturated rings. The first-order valence-corrected chi connectivity index (χ1v) is 4.49. The van der Waals surface area contributed by atoms with Crippen molar-refractivity contribution < 1.29 is 4.74 Å². The molecule has 2 nitrogen and oxygen atoms in total. The Balaban J connectivity index is 2.16. The summed E-state index contributed by atoms with van der Waals surface area (Å²) in [6.45, 7) is 4.92. The Kier molecular flexibility index (Phi) is 3.13. The lowest BCUT2D eigenvalue weighted by Crippen LogP contribution is -2.38. The molecular weight excluding hydrogens is 150 g/mol. The first kappa shape index (κ1) is 9.57. The van der Waals surface area contributed by atoms with Crippen molar-refractivity contribution in [3.05, 3.63) is 0 Å². The second-order valence-corrected chi connectivity index (χ2v) is 3.76. The summed E-state index contributed by atoms with van der Waals surface area (Å²) in [6, 6.07) is 0.494. The van der Waals surface area contributed by atoms with Crippen LogP contribution in [0.2, 0.25) is 0 Å². The van der Waals surface area contributed by atoms with Gasteiger partial charge in [0.05, 0.1) is 6.61 Å². The van der Waals surface area contributed by atoms with Crippen molar-refractivity contribution in [2.75, 3.05) is 6.61 Å². The van der Waals surface area contributed by atoms with Gasteiger partial charge in [-0.1, -0.05) is 0 Å². The van der Waals surface area contributed by atoms with Crippen molar-refractivity contribution in [3.63, 3.8) is 0 Å². The van der Waals surface area contributed by atoms with E-state index in [0.29, 0.717) is 6.04 Å². The number of ether oxygens (including phenoxy) is 1. The molecule has 68 valence electrons. The normalized spacial score (nSPS) is 26.9. The van der Waals surface area contributed by atoms with Crippen molar-refractivity contribution in [1.82, 2.24) is 5.32 Å². The van der Waals surface area contributed by atoms with E-state index in [2.05, 4.69) is 11.2 Å². The van der Waals surface area contributed by atoms with Gasteiger partial charge in [0.25, 0.3) is 0 Å². The van der Waals surface area contributed by atoms with E-state index < -0.39 is 0 Å². The highest BCUT2D eigenvalue weighted by atomic mass is 16.5. The highest BCUT2D eigenvalue weighted by Crippen LogP contribution is 2.17. The summed E-state index contributed by atoms with van der Waals surface area (Å²) in [6.07, 6.45) is 8.25. The molecule has 0 aromatic rings. The van der Waals surface area contributed by atoms with Gasteiger partial charge in [-0.3, -0.25) is 5.32 Å². The van der Waals surface area contributed by atoms with E-state index in [1.54, 1.807) is 0 Å². The molecule has 0 bridgehead atoms. The number of hydrogen-bond acceptors (Lipinski definition) is 2. The van der Waals surface area contributed by atoms with Crippen LogP contribution in [0.3, 0.4) is 0 Å². The molecule has 0 aromatic heterocycles. The van der Waals surface area contributed by atoms with E-state index in [1.807, 2.05) is 13.8 Å². The number of terminal acetylenes is 1. The summed E-state index contributed by atoms with van der Waals surface area (Å²) in [7, 11) is 0. The lowest BCUT2D eigenvalue weighted by Gasteiger charge is -2.17. The Morgan fingerprint density at radius 1 is 1.67 bits per heavy atom. The van der Waals surface area contributed by atoms with Gasteiger partial charge in [0.2, 0.25) is 0 Å². The van der Waals surface area contributed by atoms with Gasteiger partial charge in [-0.25, -0.2) is 0 Å². The molecular formula is C10H17NO. The zero-order valence-electron chi connectivity index (χ0n) is 7.89. The van der Waals surface area contributed by atoms with Crippen LogP contribution in [0, 0.1) is 12.3 Å². The maximum absolute atomic E-state index is 5.52. The quantitative estimate of drug-likeness (QED) is 0.508. The molecule has 1 rings (SSSR count). The molecule has 0 amide bonds. The van der Waals surface area contributed by atoms with Crippen LogP contribution in [0.25, 0.3) is 0 Å². The van der Waals surface area contributed by atoms with Crippen LogP contribution >= 0.6 is 0 Å². The van der Waals surface area contributed by atoms with Crippen LogP contribution < -0.4 is 5.32 Å². The standard InChI is InChI=1S/C10H17NO/c1-4-5-6-7-9-8-12-10(2,3)11-9/h1,9,11H,5-8H2,2-3H3/t9-/m0/s1. The van der Waals surface area contributed by atoms with Crippen molar-refractivity contribution in [3.8, 4) is 12.3 Å². The van der Waals surface area contributed by atoms with Gasteiger partial charge in [-0.05, 0) is 26.7 Å². The van der Waals surface area contributed by atoms with E-state index in [1.165, 1.54) is 0 Å². The van der Waals surface area contributed by atoms with Gasteiger partial charge >= 0.3 is 0 Å². The van der Waals surface area contributed by atoms with Gasteiger partial charge in [-0.15, -0.1) is 12.3 Å². The summed E-state index contributed by atoms with van der Waals surface area (Å²) < 4.78 is 5.52. The summed E-state index contributed by atoms with van der Waals surface area (Å²) in [5.41, 5.74) is -0.138. The van der Waals surface area contributed by atoms with E-state index in [9.17, 15) is 0 Å². The van der Waals surface area contributed by atoms with Gasteiger partial charge in [0.1, 0.15) is 5.72 Å². The SMILES string of the molecule is C#CCCC[C@H]1COC(C)(C)N1. The Labute approximate surface area is 74.7 Å². The van der Waals surface area contributed by atoms with Crippen molar-refractivity contribution in [2.24, 2.45) is 0 Å². The van der Waals surface area contributed by atoms with Gasteiger partial charge in [0, 0.05) is 12.5 Å². The number of unbranched alkanes of at least 4 members (excludes halogenated alkanes) is 1. The minimum atomic E-state index is -0.138. The average Bonchev–Trinajstić information content (AvgIpc) is 2.31. The molecule has 1 aliphatic rings. The molecule has 0 saturated carbocycles. The first-order chi connectivity index (χ1) is 5.64. The average molecular weight is 167 g/mol. The molecule has 0 aromatic carbocycles. The summed E-state index contributed by atoms with van der Waals surface area (Å²) in [4.78, 5) is 0. The molecule has 0 radical (unpaired) electrons. The van der Waals surface area contributed by atoms with Crippen molar-refractivity contribution in [2.45, 2.75) is 44.9 Å². The van der Waals surface area contributed by atoms with E-state index in [4.69, 9.17) is 11.2 Å². The third-order valence-corrected chi connectivity index (χ3v) is 2.07. The predicted molar refractivity (Wildman–Crippen MR) is 49.6 cm³/mol. The van der Waals surface area contributed by atoms with E-state index >= 15 is 0 Å². The third kappa shape index (κ3) is 2.84. The topological polar surface area (TPSA) is 21.3 Å². The fraction of sp³-hybridized carbons (Fsp3) is 0.800. The van der Waals surface area contributed by atoms with Crippen LogP contribution in [0.15, 0.2) is 0 Å². The number of rotatable bonds is 3. The molecule has 0 aliphatic carbocycles. The largest absolute Gasteiger partial charge is 0.360 e. The minimum absolute atomic E-state index is 0.138. The predicted octanol–water partition coefficient (Wildman–Crippen LogP) is 1.51. The zero-order valence-corrected chi connectivity index (χ0v) is 7.89. The van der Waals surface area contributed by atoms with Gasteiger partial charge in [0.15, 0.2) is 0 Å². The molecule has 1 N–H and O–H groups in total. The highest BCUT2D eigenvalue weighted by molar-refractivity contribution is 4.86. The first-order valence-electron chi connectivity index (χ1n) is 4.49. The monoisotopic (exact) mass is 167 g/mol. The smallest absolute Gasteiger partial charge is 0.113 e. The van der Waals surface area contributed by atoms with Crippen molar-refractivity contribution >= 4 is 0 Å². The third-order valence-electron chi connectivity index (χ3n) is 2.07. The van der Waals surface area contributed by atoms with Crippen LogP contribution in [-0.4, -0.2) is 18.4 Å². The Morgan fingerprint density at radius 3 is 2.92 bits per heavy atom. The number of nitrogens with one attached hydrogen (secondary N) is 1. The van der Waals surface area contributed by atoms with Crippen LogP contribution in [0.4, 0.5) is 0 Å². The van der Waals surface area contributed by atoms with Crippen LogP contribution in [0.5, 0.6) is 0 Å². The Bertz CT molecular complexity index is 181. The molecule has 0 spiro atoms. The molecule has 1 atom stereocenters. The highest BCUT2D eigenvalue weighted by Gasteiger charge is 2.29. The summed E-state index contributed by atoms with van der Waals surface area (Å²) in [5, 5.41) is 3.40. The molecule has 2 heteroatoms. The second-order valence-electron chi connectivity index (χ2n) is 3.76. The minimum Gasteiger partial charge on any atom is -0.360 e.